The fraction of sp³-hybridized carbons (Fsp3) is 0.167. The monoisotopic (exact) mass is 250 g/mol. The Morgan fingerprint density at radius 2 is 2.24 bits per heavy atom. The third-order valence-corrected chi connectivity index (χ3v) is 2.77. The summed E-state index contributed by atoms with van der Waals surface area (Å²) in [5.74, 6) is 0.375. The predicted molar refractivity (Wildman–Crippen MR) is 64.6 cm³/mol. The van der Waals surface area contributed by atoms with Crippen molar-refractivity contribution in [1.29, 1.82) is 0 Å². The number of nitrogens with zero attached hydrogens (tertiary/aromatic N) is 2. The van der Waals surface area contributed by atoms with E-state index in [-0.39, 0.29) is 5.78 Å². The van der Waals surface area contributed by atoms with Crippen LogP contribution >= 0.6 is 11.6 Å². The first-order valence-corrected chi connectivity index (χ1v) is 5.36. The lowest BCUT2D eigenvalue weighted by Gasteiger charge is -2.06. The zero-order valence-corrected chi connectivity index (χ0v) is 10.2. The van der Waals surface area contributed by atoms with Gasteiger partial charge in [0, 0.05) is 12.6 Å². The summed E-state index contributed by atoms with van der Waals surface area (Å²) in [6.07, 6.45) is 3.11. The molecular weight excluding hydrogens is 240 g/mol. The van der Waals surface area contributed by atoms with E-state index < -0.39 is 0 Å². The zero-order valence-electron chi connectivity index (χ0n) is 9.48. The molecule has 0 spiro atoms. The van der Waals surface area contributed by atoms with Gasteiger partial charge < -0.3 is 9.30 Å². The molecule has 0 radical (unpaired) electrons. The van der Waals surface area contributed by atoms with Crippen molar-refractivity contribution in [3.05, 3.63) is 47.0 Å². The largest absolute Gasteiger partial charge is 0.495 e. The summed E-state index contributed by atoms with van der Waals surface area (Å²) in [6.45, 7) is 0. The number of carbonyl (C=O) groups excluding carboxylic acids is 1. The number of carbonyl (C=O) groups is 1. The van der Waals surface area contributed by atoms with Crippen LogP contribution in [0.4, 0.5) is 0 Å². The lowest BCUT2D eigenvalue weighted by atomic mass is 10.1. The predicted octanol–water partition coefficient (Wildman–Crippen LogP) is 2.31. The molecule has 0 saturated carbocycles. The van der Waals surface area contributed by atoms with Gasteiger partial charge in [0.25, 0.3) is 0 Å². The lowest BCUT2D eigenvalue weighted by Crippen LogP contribution is -2.06. The lowest BCUT2D eigenvalue weighted by molar-refractivity contribution is 0.103. The van der Waals surface area contributed by atoms with Gasteiger partial charge in [-0.05, 0) is 18.2 Å². The van der Waals surface area contributed by atoms with Crippen molar-refractivity contribution in [3.63, 3.8) is 0 Å². The number of aryl methyl sites for hydroxylation is 1. The molecule has 1 aromatic heterocycles. The molecule has 2 rings (SSSR count). The molecule has 0 aliphatic rings. The maximum Gasteiger partial charge on any atom is 0.211 e. The van der Waals surface area contributed by atoms with Gasteiger partial charge in [-0.2, -0.15) is 0 Å². The van der Waals surface area contributed by atoms with Gasteiger partial charge in [-0.25, -0.2) is 4.98 Å². The molecule has 0 aliphatic carbocycles. The van der Waals surface area contributed by atoms with E-state index >= 15 is 0 Å². The maximum atomic E-state index is 12.1. The smallest absolute Gasteiger partial charge is 0.211 e. The third kappa shape index (κ3) is 2.17. The number of halogens is 1. The van der Waals surface area contributed by atoms with Crippen LogP contribution in [-0.4, -0.2) is 22.4 Å². The van der Waals surface area contributed by atoms with E-state index in [1.165, 1.54) is 13.3 Å². The Morgan fingerprint density at radius 1 is 1.47 bits per heavy atom. The third-order valence-electron chi connectivity index (χ3n) is 2.46. The zero-order chi connectivity index (χ0) is 12.4. The van der Waals surface area contributed by atoms with Crippen LogP contribution in [0.2, 0.25) is 5.02 Å². The minimum absolute atomic E-state index is 0.111. The number of ether oxygens (including phenoxy) is 1. The van der Waals surface area contributed by atoms with Crippen molar-refractivity contribution >= 4 is 17.4 Å². The molecule has 1 heterocycles. The summed E-state index contributed by atoms with van der Waals surface area (Å²) in [4.78, 5) is 16.1. The summed E-state index contributed by atoms with van der Waals surface area (Å²) >= 11 is 5.90. The summed E-state index contributed by atoms with van der Waals surface area (Å²) < 4.78 is 6.75. The summed E-state index contributed by atoms with van der Waals surface area (Å²) in [6, 6.07) is 4.93. The van der Waals surface area contributed by atoms with Crippen LogP contribution < -0.4 is 4.74 Å². The molecule has 0 fully saturated rings. The van der Waals surface area contributed by atoms with Crippen molar-refractivity contribution < 1.29 is 9.53 Å². The van der Waals surface area contributed by atoms with E-state index in [1.807, 2.05) is 0 Å². The van der Waals surface area contributed by atoms with Gasteiger partial charge in [-0.1, -0.05) is 11.6 Å². The van der Waals surface area contributed by atoms with E-state index in [1.54, 1.807) is 36.1 Å². The molecule has 0 unspecified atom stereocenters. The normalized spacial score (nSPS) is 10.3. The Labute approximate surface area is 104 Å². The van der Waals surface area contributed by atoms with Gasteiger partial charge in [-0.3, -0.25) is 4.79 Å². The molecule has 88 valence electrons. The first kappa shape index (κ1) is 11.7. The number of ketones is 1. The molecular formula is C12H11ClN2O2. The summed E-state index contributed by atoms with van der Waals surface area (Å²) in [5, 5.41) is 0.481. The number of methoxy groups -OCH3 is 1. The standard InChI is InChI=1S/C12H11ClN2O2/c1-15-7-14-6-10(15)12(16)8-3-4-9(13)11(5-8)17-2/h3-7H,1-2H3. The second-order valence-electron chi connectivity index (χ2n) is 3.57. The van der Waals surface area contributed by atoms with E-state index in [9.17, 15) is 4.79 Å². The van der Waals surface area contributed by atoms with Crippen molar-refractivity contribution in [3.8, 4) is 5.75 Å². The summed E-state index contributed by atoms with van der Waals surface area (Å²) in [7, 11) is 3.28. The molecule has 0 amide bonds. The van der Waals surface area contributed by atoms with E-state index in [4.69, 9.17) is 16.3 Å². The van der Waals surface area contributed by atoms with Crippen LogP contribution in [0.5, 0.6) is 5.75 Å². The van der Waals surface area contributed by atoms with E-state index in [0.717, 1.165) is 0 Å². The molecule has 4 nitrogen and oxygen atoms in total. The highest BCUT2D eigenvalue weighted by Gasteiger charge is 2.14. The SMILES string of the molecule is COc1cc(C(=O)c2cncn2C)ccc1Cl. The Morgan fingerprint density at radius 3 is 2.82 bits per heavy atom. The van der Waals surface area contributed by atoms with Gasteiger partial charge in [-0.15, -0.1) is 0 Å². The molecule has 17 heavy (non-hydrogen) atoms. The molecule has 0 N–H and O–H groups in total. The van der Waals surface area contributed by atoms with Crippen LogP contribution in [0.3, 0.4) is 0 Å². The van der Waals surface area contributed by atoms with Crippen LogP contribution in [-0.2, 0) is 7.05 Å². The van der Waals surface area contributed by atoms with Crippen molar-refractivity contribution in [2.24, 2.45) is 7.05 Å². The second-order valence-corrected chi connectivity index (χ2v) is 3.98. The van der Waals surface area contributed by atoms with Gasteiger partial charge in [0.1, 0.15) is 11.4 Å². The van der Waals surface area contributed by atoms with Crippen LogP contribution in [0.1, 0.15) is 16.1 Å². The number of hydrogen-bond acceptors (Lipinski definition) is 3. The average Bonchev–Trinajstić information content (AvgIpc) is 2.75. The maximum absolute atomic E-state index is 12.1. The molecule has 0 aliphatic heterocycles. The number of imidazole rings is 1. The van der Waals surface area contributed by atoms with Gasteiger partial charge in [0.05, 0.1) is 24.7 Å². The van der Waals surface area contributed by atoms with Gasteiger partial charge in [0.15, 0.2) is 0 Å². The fourth-order valence-corrected chi connectivity index (χ4v) is 1.72. The highest BCUT2D eigenvalue weighted by atomic mass is 35.5. The van der Waals surface area contributed by atoms with Crippen molar-refractivity contribution in [2.45, 2.75) is 0 Å². The first-order chi connectivity index (χ1) is 8.13. The van der Waals surface area contributed by atoms with E-state index in [0.29, 0.717) is 22.0 Å². The molecule has 1 aromatic carbocycles. The van der Waals surface area contributed by atoms with Crippen LogP contribution in [0.25, 0.3) is 0 Å². The minimum Gasteiger partial charge on any atom is -0.495 e. The number of rotatable bonds is 3. The molecule has 5 heteroatoms. The Kier molecular flexibility index (Phi) is 3.15. The fourth-order valence-electron chi connectivity index (χ4n) is 1.52. The highest BCUT2D eigenvalue weighted by Crippen LogP contribution is 2.26. The average molecular weight is 251 g/mol. The Balaban J connectivity index is 2.41. The second kappa shape index (κ2) is 4.59. The molecule has 0 bridgehead atoms. The first-order valence-electron chi connectivity index (χ1n) is 4.98. The highest BCUT2D eigenvalue weighted by molar-refractivity contribution is 6.32. The van der Waals surface area contributed by atoms with E-state index in [2.05, 4.69) is 4.98 Å². The number of benzene rings is 1. The van der Waals surface area contributed by atoms with Gasteiger partial charge >= 0.3 is 0 Å². The van der Waals surface area contributed by atoms with Crippen LogP contribution in [0.15, 0.2) is 30.7 Å². The summed E-state index contributed by atoms with van der Waals surface area (Å²) in [5.41, 5.74) is 1.05. The van der Waals surface area contributed by atoms with Crippen molar-refractivity contribution in [2.75, 3.05) is 7.11 Å². The quantitative estimate of drug-likeness (QED) is 0.786. The number of aromatic nitrogens is 2. The molecule has 0 saturated heterocycles. The number of hydrogen-bond donors (Lipinski definition) is 0. The minimum atomic E-state index is -0.111. The Hall–Kier alpha value is -1.81. The van der Waals surface area contributed by atoms with Crippen LogP contribution in [0, 0.1) is 0 Å². The van der Waals surface area contributed by atoms with Crippen molar-refractivity contribution in [1.82, 2.24) is 9.55 Å². The van der Waals surface area contributed by atoms with Gasteiger partial charge in [0.2, 0.25) is 5.78 Å². The molecule has 2 aromatic rings. The topological polar surface area (TPSA) is 44.1 Å². The Bertz CT molecular complexity index is 563. The molecule has 0 atom stereocenters.